The molecule has 0 fully saturated rings. The number of rotatable bonds is 7. The fourth-order valence-electron chi connectivity index (χ4n) is 3.58. The van der Waals surface area contributed by atoms with Crippen molar-refractivity contribution in [3.05, 3.63) is 83.7 Å². The summed E-state index contributed by atoms with van der Waals surface area (Å²) >= 11 is 0. The number of nitrogens with zero attached hydrogens (tertiary/aromatic N) is 4. The maximum Gasteiger partial charge on any atom is 0.416 e. The van der Waals surface area contributed by atoms with Crippen LogP contribution in [0.1, 0.15) is 40.0 Å². The molecule has 4 rings (SSSR count). The van der Waals surface area contributed by atoms with Gasteiger partial charge in [-0.05, 0) is 30.7 Å². The van der Waals surface area contributed by atoms with Gasteiger partial charge in [0.1, 0.15) is 12.0 Å². The Bertz CT molecular complexity index is 1380. The monoisotopic (exact) mass is 483 g/mol. The number of hydrogen-bond acceptors (Lipinski definition) is 6. The van der Waals surface area contributed by atoms with Crippen molar-refractivity contribution < 1.29 is 27.9 Å². The molecule has 1 atom stereocenters. The molecule has 0 unspecified atom stereocenters. The normalized spacial score (nSPS) is 12.5. The molecule has 0 aliphatic rings. The van der Waals surface area contributed by atoms with Gasteiger partial charge in [-0.15, -0.1) is 0 Å². The molecule has 1 amide bonds. The number of aromatic nitrogens is 4. The minimum absolute atomic E-state index is 0.149. The van der Waals surface area contributed by atoms with Gasteiger partial charge in [-0.1, -0.05) is 12.1 Å². The van der Waals surface area contributed by atoms with E-state index in [0.29, 0.717) is 22.2 Å². The number of carbonyl (C=O) groups is 2. The van der Waals surface area contributed by atoms with Gasteiger partial charge in [-0.25, -0.2) is 9.97 Å². The number of pyridine rings is 1. The first kappa shape index (κ1) is 24.0. The topological polar surface area (TPSA) is 110 Å². The molecule has 0 saturated carbocycles. The number of alkyl halides is 3. The third-order valence-electron chi connectivity index (χ3n) is 5.41. The molecule has 180 valence electrons. The van der Waals surface area contributed by atoms with Crippen LogP contribution in [0, 0.1) is 0 Å². The number of aliphatic hydroxyl groups is 1. The van der Waals surface area contributed by atoms with Crippen LogP contribution in [0.15, 0.2) is 61.4 Å². The fraction of sp³-hybridized carbons (Fsp3) is 0.208. The Kier molecular flexibility index (Phi) is 6.61. The molecule has 35 heavy (non-hydrogen) atoms. The van der Waals surface area contributed by atoms with E-state index in [4.69, 9.17) is 0 Å². The molecule has 3 aromatic heterocycles. The number of ketones is 1. The van der Waals surface area contributed by atoms with Crippen LogP contribution >= 0.6 is 0 Å². The highest BCUT2D eigenvalue weighted by Crippen LogP contribution is 2.29. The lowest BCUT2D eigenvalue weighted by molar-refractivity contribution is -0.137. The molecule has 0 saturated heterocycles. The zero-order valence-corrected chi connectivity index (χ0v) is 18.5. The Balaban J connectivity index is 1.52. The van der Waals surface area contributed by atoms with Crippen LogP contribution in [0.2, 0.25) is 0 Å². The summed E-state index contributed by atoms with van der Waals surface area (Å²) in [4.78, 5) is 37.9. The van der Waals surface area contributed by atoms with Crippen LogP contribution in [-0.4, -0.2) is 42.9 Å². The second-order valence-electron chi connectivity index (χ2n) is 7.95. The summed E-state index contributed by atoms with van der Waals surface area (Å²) in [7, 11) is 0. The van der Waals surface area contributed by atoms with Crippen LogP contribution in [0.4, 0.5) is 18.9 Å². The minimum Gasteiger partial charge on any atom is -0.394 e. The van der Waals surface area contributed by atoms with E-state index in [1.165, 1.54) is 43.1 Å². The number of hydrogen-bond donors (Lipinski definition) is 2. The first-order valence-corrected chi connectivity index (χ1v) is 10.5. The summed E-state index contributed by atoms with van der Waals surface area (Å²) in [6, 6.07) is 5.46. The summed E-state index contributed by atoms with van der Waals surface area (Å²) in [5.41, 5.74) is 0.891. The SMILES string of the molecule is C[C@H](CO)n1cc(C(=O)c2cncc(NC(=O)Cc3ccc(C(F)(F)F)cc3)c2)c2cncnc21. The van der Waals surface area contributed by atoms with Gasteiger partial charge in [0.15, 0.2) is 5.78 Å². The molecular formula is C24H20F3N5O3. The van der Waals surface area contributed by atoms with E-state index in [9.17, 15) is 27.9 Å². The minimum atomic E-state index is -4.45. The summed E-state index contributed by atoms with van der Waals surface area (Å²) in [6.45, 7) is 1.63. The first-order valence-electron chi connectivity index (χ1n) is 10.5. The van der Waals surface area contributed by atoms with Crippen molar-refractivity contribution in [3.63, 3.8) is 0 Å². The van der Waals surface area contributed by atoms with Gasteiger partial charge >= 0.3 is 6.18 Å². The van der Waals surface area contributed by atoms with Gasteiger partial charge in [-0.2, -0.15) is 13.2 Å². The Morgan fingerprint density at radius 2 is 1.86 bits per heavy atom. The van der Waals surface area contributed by atoms with E-state index in [0.717, 1.165) is 12.1 Å². The quantitative estimate of drug-likeness (QED) is 0.387. The van der Waals surface area contributed by atoms with Gasteiger partial charge in [0.2, 0.25) is 5.91 Å². The molecule has 8 nitrogen and oxygen atoms in total. The molecule has 4 aromatic rings. The maximum atomic E-state index is 13.3. The number of fused-ring (bicyclic) bond motifs is 1. The lowest BCUT2D eigenvalue weighted by Crippen LogP contribution is -2.15. The molecule has 0 spiro atoms. The van der Waals surface area contributed by atoms with E-state index < -0.39 is 17.6 Å². The van der Waals surface area contributed by atoms with E-state index in [1.54, 1.807) is 17.7 Å². The fourth-order valence-corrected chi connectivity index (χ4v) is 3.58. The van der Waals surface area contributed by atoms with Crippen molar-refractivity contribution in [1.29, 1.82) is 0 Å². The molecule has 2 N–H and O–H groups in total. The second-order valence-corrected chi connectivity index (χ2v) is 7.95. The van der Waals surface area contributed by atoms with Crippen LogP contribution in [0.3, 0.4) is 0 Å². The second kappa shape index (κ2) is 9.63. The number of aliphatic hydroxyl groups excluding tert-OH is 1. The van der Waals surface area contributed by atoms with Crippen molar-refractivity contribution in [1.82, 2.24) is 19.5 Å². The Hall–Kier alpha value is -4.12. The van der Waals surface area contributed by atoms with Crippen molar-refractivity contribution >= 4 is 28.4 Å². The van der Waals surface area contributed by atoms with Crippen LogP contribution in [0.5, 0.6) is 0 Å². The van der Waals surface area contributed by atoms with Crippen LogP contribution in [-0.2, 0) is 17.4 Å². The molecule has 0 radical (unpaired) electrons. The third kappa shape index (κ3) is 5.19. The molecule has 0 bridgehead atoms. The zero-order chi connectivity index (χ0) is 25.2. The number of carbonyl (C=O) groups excluding carboxylic acids is 2. The number of benzene rings is 1. The summed E-state index contributed by atoms with van der Waals surface area (Å²) in [5, 5.41) is 12.7. The standard InChI is InChI=1S/C24H20F3N5O3/c1-14(12-33)32-11-20(19-10-29-13-30-23(19)32)22(35)16-7-18(9-28-8-16)31-21(34)6-15-2-4-17(5-3-15)24(25,26)27/h2-5,7-11,13-14,33H,6,12H2,1H3,(H,31,34)/t14-/m1/s1. The molecule has 11 heteroatoms. The predicted octanol–water partition coefficient (Wildman–Crippen LogP) is 3.81. The highest BCUT2D eigenvalue weighted by molar-refractivity contribution is 6.16. The summed E-state index contributed by atoms with van der Waals surface area (Å²) in [5.74, 6) is -0.849. The molecule has 0 aliphatic carbocycles. The van der Waals surface area contributed by atoms with E-state index >= 15 is 0 Å². The van der Waals surface area contributed by atoms with E-state index in [1.807, 2.05) is 0 Å². The summed E-state index contributed by atoms with van der Waals surface area (Å²) in [6.07, 6.45) is 2.58. The number of halogens is 3. The first-order chi connectivity index (χ1) is 16.7. The highest BCUT2D eigenvalue weighted by Gasteiger charge is 2.30. The Labute approximate surface area is 197 Å². The van der Waals surface area contributed by atoms with Gasteiger partial charge in [0.05, 0.1) is 42.1 Å². The smallest absolute Gasteiger partial charge is 0.394 e. The van der Waals surface area contributed by atoms with Crippen LogP contribution < -0.4 is 5.32 Å². The van der Waals surface area contributed by atoms with E-state index in [-0.39, 0.29) is 36.1 Å². The van der Waals surface area contributed by atoms with Crippen LogP contribution in [0.25, 0.3) is 11.0 Å². The number of nitrogens with one attached hydrogen (secondary N) is 1. The zero-order valence-electron chi connectivity index (χ0n) is 18.5. The molecule has 0 aliphatic heterocycles. The van der Waals surface area contributed by atoms with Gasteiger partial charge in [-0.3, -0.25) is 14.6 Å². The lowest BCUT2D eigenvalue weighted by Gasteiger charge is -2.10. The predicted molar refractivity (Wildman–Crippen MR) is 121 cm³/mol. The van der Waals surface area contributed by atoms with Gasteiger partial charge in [0.25, 0.3) is 0 Å². The van der Waals surface area contributed by atoms with E-state index in [2.05, 4.69) is 20.3 Å². The average molecular weight is 483 g/mol. The highest BCUT2D eigenvalue weighted by atomic mass is 19.4. The number of anilines is 1. The Morgan fingerprint density at radius 3 is 2.54 bits per heavy atom. The van der Waals surface area contributed by atoms with Crippen molar-refractivity contribution in [2.45, 2.75) is 25.6 Å². The Morgan fingerprint density at radius 1 is 1.11 bits per heavy atom. The summed E-state index contributed by atoms with van der Waals surface area (Å²) < 4.78 is 39.8. The largest absolute Gasteiger partial charge is 0.416 e. The lowest BCUT2D eigenvalue weighted by atomic mass is 10.1. The average Bonchev–Trinajstić information content (AvgIpc) is 3.22. The van der Waals surface area contributed by atoms with Gasteiger partial charge < -0.3 is 15.0 Å². The number of amides is 1. The molecule has 1 aromatic carbocycles. The third-order valence-corrected chi connectivity index (χ3v) is 5.41. The molecule has 3 heterocycles. The maximum absolute atomic E-state index is 13.3. The van der Waals surface area contributed by atoms with Gasteiger partial charge in [0, 0.05) is 29.5 Å². The molecular weight excluding hydrogens is 463 g/mol. The van der Waals surface area contributed by atoms with Crippen molar-refractivity contribution in [2.24, 2.45) is 0 Å². The van der Waals surface area contributed by atoms with Crippen molar-refractivity contribution in [2.75, 3.05) is 11.9 Å². The van der Waals surface area contributed by atoms with Crippen molar-refractivity contribution in [3.8, 4) is 0 Å².